The number of ether oxygens (including phenoxy) is 3. The standard InChI is InChI=1S/C22H22O12/c1-7-19(31-2)17(29)18(30)22(32-7)34-21-16(28)14-10(24)5-9(23)6-13(14)33-20(21)8-3-11(25)15(27)12(26)4-8/h3-7,17-19,22-27,29-30H,1-2H3/t7-,17-,18+,19-,22-/m0/s1. The number of aliphatic hydroxyl groups is 2. The van der Waals surface area contributed by atoms with E-state index in [1.54, 1.807) is 6.92 Å². The number of phenols is 5. The SMILES string of the molecule is CO[C@@H]1[C@@H](O)[C@@H](O)[C@H](Oc2c(-c3cc(O)c(O)c(O)c3)oc3cc(O)cc(O)c3c2=O)O[C@H]1C. The van der Waals surface area contributed by atoms with Crippen LogP contribution in [0.1, 0.15) is 6.92 Å². The Morgan fingerprint density at radius 2 is 1.56 bits per heavy atom. The fraction of sp³-hybridized carbons (Fsp3) is 0.318. The fourth-order valence-corrected chi connectivity index (χ4v) is 3.85. The van der Waals surface area contributed by atoms with Crippen LogP contribution in [0.2, 0.25) is 0 Å². The lowest BCUT2D eigenvalue weighted by Crippen LogP contribution is -2.59. The number of rotatable bonds is 4. The zero-order valence-corrected chi connectivity index (χ0v) is 17.9. The average Bonchev–Trinajstić information content (AvgIpc) is 2.76. The van der Waals surface area contributed by atoms with Gasteiger partial charge in [-0.2, -0.15) is 0 Å². The van der Waals surface area contributed by atoms with Gasteiger partial charge in [-0.1, -0.05) is 0 Å². The molecule has 5 atom stereocenters. The number of fused-ring (bicyclic) bond motifs is 1. The molecule has 1 fully saturated rings. The van der Waals surface area contributed by atoms with Gasteiger partial charge in [0.2, 0.25) is 17.5 Å². The minimum absolute atomic E-state index is 0.140. The molecule has 12 nitrogen and oxygen atoms in total. The summed E-state index contributed by atoms with van der Waals surface area (Å²) in [5.74, 6) is -4.38. The zero-order chi connectivity index (χ0) is 24.9. The van der Waals surface area contributed by atoms with E-state index in [4.69, 9.17) is 18.6 Å². The van der Waals surface area contributed by atoms with Crippen LogP contribution in [0.3, 0.4) is 0 Å². The zero-order valence-electron chi connectivity index (χ0n) is 17.9. The van der Waals surface area contributed by atoms with Crippen LogP contribution in [0.25, 0.3) is 22.3 Å². The van der Waals surface area contributed by atoms with Gasteiger partial charge in [-0.25, -0.2) is 0 Å². The molecule has 1 aliphatic rings. The molecule has 0 spiro atoms. The van der Waals surface area contributed by atoms with Gasteiger partial charge in [0, 0.05) is 24.8 Å². The summed E-state index contributed by atoms with van der Waals surface area (Å²) >= 11 is 0. The Labute approximate surface area is 191 Å². The molecule has 7 N–H and O–H groups in total. The largest absolute Gasteiger partial charge is 0.508 e. The first-order chi connectivity index (χ1) is 16.0. The number of aliphatic hydroxyl groups excluding tert-OH is 2. The maximum atomic E-state index is 13.3. The number of phenolic OH excluding ortho intramolecular Hbond substituents is 5. The first kappa shape index (κ1) is 23.4. The molecule has 34 heavy (non-hydrogen) atoms. The lowest BCUT2D eigenvalue weighted by molar-refractivity contribution is -0.272. The van der Waals surface area contributed by atoms with E-state index >= 15 is 0 Å². The summed E-state index contributed by atoms with van der Waals surface area (Å²) in [4.78, 5) is 13.3. The normalized spacial score (nSPS) is 24.9. The fourth-order valence-electron chi connectivity index (χ4n) is 3.85. The highest BCUT2D eigenvalue weighted by atomic mass is 16.7. The second kappa shape index (κ2) is 8.57. The van der Waals surface area contributed by atoms with Crippen LogP contribution in [0.5, 0.6) is 34.5 Å². The van der Waals surface area contributed by atoms with Gasteiger partial charge >= 0.3 is 0 Å². The second-order valence-corrected chi connectivity index (χ2v) is 7.80. The highest BCUT2D eigenvalue weighted by Gasteiger charge is 2.45. The highest BCUT2D eigenvalue weighted by molar-refractivity contribution is 5.88. The average molecular weight is 478 g/mol. The molecule has 2 aromatic carbocycles. The first-order valence-corrected chi connectivity index (χ1v) is 10.0. The van der Waals surface area contributed by atoms with Crippen molar-refractivity contribution in [2.45, 2.75) is 37.6 Å². The van der Waals surface area contributed by atoms with E-state index in [0.29, 0.717) is 0 Å². The number of hydrogen-bond acceptors (Lipinski definition) is 12. The molecular weight excluding hydrogens is 456 g/mol. The number of hydrogen-bond donors (Lipinski definition) is 7. The summed E-state index contributed by atoms with van der Waals surface area (Å²) in [5, 5.41) is 70.0. The van der Waals surface area contributed by atoms with Crippen molar-refractivity contribution in [3.63, 3.8) is 0 Å². The van der Waals surface area contributed by atoms with Crippen LogP contribution in [-0.4, -0.2) is 73.6 Å². The van der Waals surface area contributed by atoms with Crippen LogP contribution >= 0.6 is 0 Å². The summed E-state index contributed by atoms with van der Waals surface area (Å²) in [6, 6.07) is 3.88. The molecule has 182 valence electrons. The quantitative estimate of drug-likeness (QED) is 0.261. The molecule has 12 heteroatoms. The van der Waals surface area contributed by atoms with Crippen molar-refractivity contribution in [2.75, 3.05) is 7.11 Å². The van der Waals surface area contributed by atoms with Crippen molar-refractivity contribution in [1.82, 2.24) is 0 Å². The molecule has 1 aliphatic heterocycles. The molecule has 0 unspecified atom stereocenters. The Morgan fingerprint density at radius 1 is 0.912 bits per heavy atom. The maximum Gasteiger partial charge on any atom is 0.239 e. The summed E-state index contributed by atoms with van der Waals surface area (Å²) in [6.45, 7) is 1.55. The van der Waals surface area contributed by atoms with Crippen LogP contribution in [0.4, 0.5) is 0 Å². The van der Waals surface area contributed by atoms with Gasteiger partial charge in [0.1, 0.15) is 40.8 Å². The smallest absolute Gasteiger partial charge is 0.239 e. The van der Waals surface area contributed by atoms with Crippen molar-refractivity contribution in [2.24, 2.45) is 0 Å². The second-order valence-electron chi connectivity index (χ2n) is 7.80. The Bertz CT molecular complexity index is 1280. The predicted molar refractivity (Wildman–Crippen MR) is 114 cm³/mol. The van der Waals surface area contributed by atoms with Crippen LogP contribution in [0.15, 0.2) is 33.5 Å². The molecule has 1 aromatic heterocycles. The van der Waals surface area contributed by atoms with Crippen LogP contribution in [-0.2, 0) is 9.47 Å². The summed E-state index contributed by atoms with van der Waals surface area (Å²) in [7, 11) is 1.32. The van der Waals surface area contributed by atoms with Gasteiger partial charge in [0.25, 0.3) is 0 Å². The van der Waals surface area contributed by atoms with Gasteiger partial charge in [0.05, 0.1) is 6.10 Å². The molecule has 0 amide bonds. The highest BCUT2D eigenvalue weighted by Crippen LogP contribution is 2.43. The van der Waals surface area contributed by atoms with Crippen molar-refractivity contribution in [3.05, 3.63) is 34.5 Å². The van der Waals surface area contributed by atoms with Crippen molar-refractivity contribution >= 4 is 11.0 Å². The van der Waals surface area contributed by atoms with Gasteiger partial charge in [0.15, 0.2) is 23.0 Å². The van der Waals surface area contributed by atoms with E-state index in [9.17, 15) is 40.5 Å². The van der Waals surface area contributed by atoms with E-state index in [0.717, 1.165) is 24.3 Å². The third-order valence-corrected chi connectivity index (χ3v) is 5.53. The number of benzene rings is 2. The summed E-state index contributed by atoms with van der Waals surface area (Å²) < 4.78 is 22.0. The number of aromatic hydroxyl groups is 5. The van der Waals surface area contributed by atoms with E-state index < -0.39 is 76.4 Å². The topological polar surface area (TPSA) is 200 Å². The Morgan fingerprint density at radius 3 is 2.18 bits per heavy atom. The van der Waals surface area contributed by atoms with Gasteiger partial charge in [-0.15, -0.1) is 0 Å². The Kier molecular flexibility index (Phi) is 5.91. The lowest BCUT2D eigenvalue weighted by atomic mass is 9.99. The van der Waals surface area contributed by atoms with E-state index in [2.05, 4.69) is 0 Å². The van der Waals surface area contributed by atoms with Gasteiger partial charge in [-0.3, -0.25) is 4.79 Å². The Hall–Kier alpha value is -3.71. The molecule has 0 saturated carbocycles. The van der Waals surface area contributed by atoms with Crippen LogP contribution in [0, 0.1) is 0 Å². The predicted octanol–water partition coefficient (Wildman–Crippen LogP) is 0.848. The molecular formula is C22H22O12. The Balaban J connectivity index is 1.92. The van der Waals surface area contributed by atoms with E-state index in [1.807, 2.05) is 0 Å². The molecule has 3 aromatic rings. The van der Waals surface area contributed by atoms with Gasteiger partial charge < -0.3 is 54.4 Å². The third kappa shape index (κ3) is 3.82. The van der Waals surface area contributed by atoms with E-state index in [-0.39, 0.29) is 16.5 Å². The minimum atomic E-state index is -1.67. The first-order valence-electron chi connectivity index (χ1n) is 10.0. The number of methoxy groups -OCH3 is 1. The van der Waals surface area contributed by atoms with Crippen molar-refractivity contribution in [1.29, 1.82) is 0 Å². The lowest BCUT2D eigenvalue weighted by Gasteiger charge is -2.40. The minimum Gasteiger partial charge on any atom is -0.508 e. The molecule has 1 saturated heterocycles. The van der Waals surface area contributed by atoms with Crippen molar-refractivity contribution < 1.29 is 54.4 Å². The molecule has 0 bridgehead atoms. The maximum absolute atomic E-state index is 13.3. The molecule has 0 radical (unpaired) electrons. The van der Waals surface area contributed by atoms with Gasteiger partial charge in [-0.05, 0) is 19.1 Å². The van der Waals surface area contributed by atoms with Crippen LogP contribution < -0.4 is 10.2 Å². The third-order valence-electron chi connectivity index (χ3n) is 5.53. The summed E-state index contributed by atoms with van der Waals surface area (Å²) in [5.41, 5.74) is -1.36. The molecule has 2 heterocycles. The molecule has 0 aliphatic carbocycles. The van der Waals surface area contributed by atoms with Crippen molar-refractivity contribution in [3.8, 4) is 45.8 Å². The monoisotopic (exact) mass is 478 g/mol. The van der Waals surface area contributed by atoms with E-state index in [1.165, 1.54) is 7.11 Å². The summed E-state index contributed by atoms with van der Waals surface area (Å²) in [6.07, 6.45) is -6.35. The molecule has 4 rings (SSSR count).